The van der Waals surface area contributed by atoms with Gasteiger partial charge in [-0.1, -0.05) is 12.8 Å². The van der Waals surface area contributed by atoms with Crippen molar-refractivity contribution in [2.24, 2.45) is 5.73 Å². The maximum Gasteiger partial charge on any atom is 0.312 e. The third kappa shape index (κ3) is 4.95. The molecule has 126 valence electrons. The Bertz CT molecular complexity index is 574. The maximum atomic E-state index is 12.2. The standard InChI is InChI=1S/C15H22N4O3S/c1-9(17-15(16)22)13(20)18-19-14(21)12-8-10-6-4-2-3-5-7-11(10)23-12/h8-9H,2-7H2,1H3,(H,18,20)(H,19,21)(H3,16,17,22)/t9-/m1/s1. The molecule has 0 saturated heterocycles. The zero-order valence-electron chi connectivity index (χ0n) is 13.1. The highest BCUT2D eigenvalue weighted by Gasteiger charge is 2.18. The van der Waals surface area contributed by atoms with E-state index in [0.29, 0.717) is 4.88 Å². The first-order valence-corrected chi connectivity index (χ1v) is 8.56. The molecule has 0 aromatic carbocycles. The van der Waals surface area contributed by atoms with Crippen LogP contribution >= 0.6 is 11.3 Å². The highest BCUT2D eigenvalue weighted by atomic mass is 32.1. The maximum absolute atomic E-state index is 12.2. The van der Waals surface area contributed by atoms with E-state index in [2.05, 4.69) is 16.2 Å². The fourth-order valence-corrected chi connectivity index (χ4v) is 3.67. The van der Waals surface area contributed by atoms with Gasteiger partial charge in [0.2, 0.25) is 0 Å². The van der Waals surface area contributed by atoms with Gasteiger partial charge in [-0.2, -0.15) is 0 Å². The van der Waals surface area contributed by atoms with Gasteiger partial charge in [-0.3, -0.25) is 20.4 Å². The van der Waals surface area contributed by atoms with Crippen LogP contribution in [-0.4, -0.2) is 23.9 Å². The van der Waals surface area contributed by atoms with Crippen LogP contribution in [0.15, 0.2) is 6.07 Å². The molecule has 1 aliphatic carbocycles. The lowest BCUT2D eigenvalue weighted by atomic mass is 10.00. The number of thiophene rings is 1. The average Bonchev–Trinajstić information content (AvgIpc) is 2.86. The Morgan fingerprint density at radius 2 is 1.83 bits per heavy atom. The first-order valence-electron chi connectivity index (χ1n) is 7.75. The molecule has 2 rings (SSSR count). The Morgan fingerprint density at radius 3 is 2.52 bits per heavy atom. The van der Waals surface area contributed by atoms with Gasteiger partial charge in [0.1, 0.15) is 6.04 Å². The summed E-state index contributed by atoms with van der Waals surface area (Å²) in [5.41, 5.74) is 10.9. The number of rotatable bonds is 3. The quantitative estimate of drug-likeness (QED) is 0.621. The molecule has 0 aliphatic heterocycles. The lowest BCUT2D eigenvalue weighted by Gasteiger charge is -2.12. The fourth-order valence-electron chi connectivity index (χ4n) is 2.52. The Hall–Kier alpha value is -2.09. The Balaban J connectivity index is 1.92. The number of primary amides is 1. The van der Waals surface area contributed by atoms with Crippen molar-refractivity contribution in [1.29, 1.82) is 0 Å². The van der Waals surface area contributed by atoms with E-state index in [0.717, 1.165) is 25.7 Å². The molecule has 1 heterocycles. The second kappa shape index (κ2) is 7.96. The van der Waals surface area contributed by atoms with Crippen molar-refractivity contribution in [3.8, 4) is 0 Å². The summed E-state index contributed by atoms with van der Waals surface area (Å²) in [6, 6.07) is 0.297. The van der Waals surface area contributed by atoms with Gasteiger partial charge in [0.25, 0.3) is 11.8 Å². The smallest absolute Gasteiger partial charge is 0.312 e. The minimum absolute atomic E-state index is 0.346. The molecule has 1 aromatic rings. The monoisotopic (exact) mass is 338 g/mol. The van der Waals surface area contributed by atoms with Gasteiger partial charge in [-0.05, 0) is 44.2 Å². The van der Waals surface area contributed by atoms with E-state index in [1.54, 1.807) is 0 Å². The highest BCUT2D eigenvalue weighted by Crippen LogP contribution is 2.28. The second-order valence-corrected chi connectivity index (χ2v) is 6.78. The van der Waals surface area contributed by atoms with Crippen molar-refractivity contribution in [3.05, 3.63) is 21.4 Å². The zero-order chi connectivity index (χ0) is 16.8. The zero-order valence-corrected chi connectivity index (χ0v) is 13.9. The molecule has 8 heteroatoms. The molecular formula is C15H22N4O3S. The van der Waals surface area contributed by atoms with Gasteiger partial charge in [0.05, 0.1) is 4.88 Å². The second-order valence-electron chi connectivity index (χ2n) is 5.65. The van der Waals surface area contributed by atoms with E-state index >= 15 is 0 Å². The van der Waals surface area contributed by atoms with Crippen LogP contribution in [0.25, 0.3) is 0 Å². The summed E-state index contributed by atoms with van der Waals surface area (Å²) in [6.45, 7) is 1.48. The molecule has 7 nitrogen and oxygen atoms in total. The van der Waals surface area contributed by atoms with E-state index < -0.39 is 18.0 Å². The number of aryl methyl sites for hydroxylation is 2. The topological polar surface area (TPSA) is 113 Å². The number of fused-ring (bicyclic) bond motifs is 1. The van der Waals surface area contributed by atoms with Crippen molar-refractivity contribution in [2.45, 2.75) is 51.5 Å². The van der Waals surface area contributed by atoms with Crippen LogP contribution in [0.1, 0.15) is 52.7 Å². The highest BCUT2D eigenvalue weighted by molar-refractivity contribution is 7.14. The normalized spacial score (nSPS) is 15.5. The van der Waals surface area contributed by atoms with Gasteiger partial charge in [-0.15, -0.1) is 11.3 Å². The van der Waals surface area contributed by atoms with Gasteiger partial charge in [-0.25, -0.2) is 4.79 Å². The van der Waals surface area contributed by atoms with Gasteiger partial charge < -0.3 is 11.1 Å². The van der Waals surface area contributed by atoms with Crippen molar-refractivity contribution >= 4 is 29.2 Å². The van der Waals surface area contributed by atoms with Gasteiger partial charge in [0.15, 0.2) is 0 Å². The molecule has 0 fully saturated rings. The summed E-state index contributed by atoms with van der Waals surface area (Å²) >= 11 is 1.48. The van der Waals surface area contributed by atoms with E-state index in [1.807, 2.05) is 6.07 Å². The summed E-state index contributed by atoms with van der Waals surface area (Å²) in [6.07, 6.45) is 6.79. The number of carbonyl (C=O) groups is 3. The molecule has 4 amide bonds. The first-order chi connectivity index (χ1) is 11.0. The minimum atomic E-state index is -0.823. The lowest BCUT2D eigenvalue weighted by Crippen LogP contribution is -2.51. The Morgan fingerprint density at radius 1 is 1.13 bits per heavy atom. The summed E-state index contributed by atoms with van der Waals surface area (Å²) in [7, 11) is 0. The van der Waals surface area contributed by atoms with Crippen LogP contribution in [-0.2, 0) is 17.6 Å². The lowest BCUT2D eigenvalue weighted by molar-refractivity contribution is -0.123. The first kappa shape index (κ1) is 17.3. The largest absolute Gasteiger partial charge is 0.352 e. The molecule has 1 atom stereocenters. The number of nitrogens with one attached hydrogen (secondary N) is 3. The predicted molar refractivity (Wildman–Crippen MR) is 88.0 cm³/mol. The molecule has 0 radical (unpaired) electrons. The third-order valence-corrected chi connectivity index (χ3v) is 5.01. The molecule has 0 unspecified atom stereocenters. The Labute approximate surface area is 139 Å². The number of hydrazine groups is 1. The van der Waals surface area contributed by atoms with Gasteiger partial charge in [0, 0.05) is 4.88 Å². The van der Waals surface area contributed by atoms with E-state index in [-0.39, 0.29) is 5.91 Å². The van der Waals surface area contributed by atoms with Crippen molar-refractivity contribution in [1.82, 2.24) is 16.2 Å². The van der Waals surface area contributed by atoms with Crippen molar-refractivity contribution in [2.75, 3.05) is 0 Å². The van der Waals surface area contributed by atoms with Crippen molar-refractivity contribution < 1.29 is 14.4 Å². The molecule has 23 heavy (non-hydrogen) atoms. The van der Waals surface area contributed by atoms with Gasteiger partial charge >= 0.3 is 6.03 Å². The molecule has 0 saturated carbocycles. The van der Waals surface area contributed by atoms with E-state index in [1.165, 1.54) is 41.5 Å². The minimum Gasteiger partial charge on any atom is -0.352 e. The molecular weight excluding hydrogens is 316 g/mol. The molecule has 0 bridgehead atoms. The number of hydrogen-bond acceptors (Lipinski definition) is 4. The van der Waals surface area contributed by atoms with Crippen LogP contribution in [0.2, 0.25) is 0 Å². The number of nitrogens with two attached hydrogens (primary N) is 1. The molecule has 5 N–H and O–H groups in total. The summed E-state index contributed by atoms with van der Waals surface area (Å²) in [5.74, 6) is -0.881. The summed E-state index contributed by atoms with van der Waals surface area (Å²) in [4.78, 5) is 36.4. The van der Waals surface area contributed by atoms with Crippen LogP contribution in [0, 0.1) is 0 Å². The number of amides is 4. The van der Waals surface area contributed by atoms with Crippen LogP contribution in [0.5, 0.6) is 0 Å². The third-order valence-electron chi connectivity index (χ3n) is 3.77. The van der Waals surface area contributed by atoms with E-state index in [9.17, 15) is 14.4 Å². The summed E-state index contributed by atoms with van der Waals surface area (Å²) < 4.78 is 0. The molecule has 1 aromatic heterocycles. The number of urea groups is 1. The molecule has 1 aliphatic rings. The Kier molecular flexibility index (Phi) is 5.97. The SMILES string of the molecule is C[C@@H](NC(N)=O)C(=O)NNC(=O)c1cc2c(s1)CCCCCC2. The van der Waals surface area contributed by atoms with E-state index in [4.69, 9.17) is 5.73 Å². The average molecular weight is 338 g/mol. The molecule has 0 spiro atoms. The van der Waals surface area contributed by atoms with Crippen LogP contribution in [0.3, 0.4) is 0 Å². The number of carbonyl (C=O) groups excluding carboxylic acids is 3. The van der Waals surface area contributed by atoms with Crippen LogP contribution < -0.4 is 21.9 Å². The fraction of sp³-hybridized carbons (Fsp3) is 0.533. The summed E-state index contributed by atoms with van der Waals surface area (Å²) in [5, 5.41) is 2.24. The predicted octanol–water partition coefficient (Wildman–Crippen LogP) is 1.22. The number of hydrogen-bond donors (Lipinski definition) is 4. The van der Waals surface area contributed by atoms with Crippen molar-refractivity contribution in [3.63, 3.8) is 0 Å². The van der Waals surface area contributed by atoms with Crippen LogP contribution in [0.4, 0.5) is 4.79 Å².